The zero-order chi connectivity index (χ0) is 21.7. The Balaban J connectivity index is 1.74. The summed E-state index contributed by atoms with van der Waals surface area (Å²) in [6.45, 7) is 2.01. The highest BCUT2D eigenvalue weighted by Gasteiger charge is 2.34. The SMILES string of the molecule is COc1ccc(-c2ccccc2NC(C)P(=O)(c2ccccc2)c2ccccc2)cc1. The Bertz CT molecular complexity index is 1130. The van der Waals surface area contributed by atoms with Gasteiger partial charge in [-0.1, -0.05) is 91.0 Å². The molecule has 156 valence electrons. The van der Waals surface area contributed by atoms with Gasteiger partial charge in [-0.2, -0.15) is 0 Å². The number of methoxy groups -OCH3 is 1. The molecule has 0 fully saturated rings. The lowest BCUT2D eigenvalue weighted by Crippen LogP contribution is -2.29. The van der Waals surface area contributed by atoms with Crippen molar-refractivity contribution >= 4 is 23.4 Å². The van der Waals surface area contributed by atoms with Crippen LogP contribution in [-0.2, 0) is 4.57 Å². The average molecular weight is 427 g/mol. The van der Waals surface area contributed by atoms with E-state index >= 15 is 0 Å². The molecule has 4 heteroatoms. The second kappa shape index (κ2) is 9.24. The van der Waals surface area contributed by atoms with Gasteiger partial charge in [-0.05, 0) is 30.7 Å². The second-order valence-electron chi connectivity index (χ2n) is 7.42. The molecule has 0 aliphatic carbocycles. The topological polar surface area (TPSA) is 38.3 Å². The summed E-state index contributed by atoms with van der Waals surface area (Å²) in [6.07, 6.45) is 0. The van der Waals surface area contributed by atoms with E-state index in [4.69, 9.17) is 4.74 Å². The summed E-state index contributed by atoms with van der Waals surface area (Å²) in [4.78, 5) is 0. The Kier molecular flexibility index (Phi) is 6.25. The standard InChI is InChI=1S/C27H26NO2P/c1-21(31(29,24-11-5-3-6-12-24)25-13-7-4-8-14-25)28-27-16-10-9-15-26(27)22-17-19-23(30-2)20-18-22/h3-21,28H,1-2H3. The maximum atomic E-state index is 14.6. The minimum atomic E-state index is -2.94. The zero-order valence-corrected chi connectivity index (χ0v) is 18.6. The predicted molar refractivity (Wildman–Crippen MR) is 131 cm³/mol. The first-order chi connectivity index (χ1) is 15.1. The van der Waals surface area contributed by atoms with Crippen molar-refractivity contribution < 1.29 is 9.30 Å². The van der Waals surface area contributed by atoms with Crippen LogP contribution in [0.15, 0.2) is 109 Å². The van der Waals surface area contributed by atoms with Crippen LogP contribution in [0.2, 0.25) is 0 Å². The highest BCUT2D eigenvalue weighted by atomic mass is 31.2. The Morgan fingerprint density at radius 3 is 1.77 bits per heavy atom. The van der Waals surface area contributed by atoms with E-state index in [1.54, 1.807) is 7.11 Å². The van der Waals surface area contributed by atoms with Crippen molar-refractivity contribution in [1.29, 1.82) is 0 Å². The maximum absolute atomic E-state index is 14.6. The Labute approximate surface area is 184 Å². The summed E-state index contributed by atoms with van der Waals surface area (Å²) in [7, 11) is -1.27. The minimum Gasteiger partial charge on any atom is -0.497 e. The molecule has 0 aliphatic rings. The normalized spacial score (nSPS) is 12.2. The highest BCUT2D eigenvalue weighted by Crippen LogP contribution is 2.49. The number of rotatable bonds is 7. The Morgan fingerprint density at radius 1 is 0.710 bits per heavy atom. The molecule has 0 aliphatic heterocycles. The molecule has 1 N–H and O–H groups in total. The molecule has 0 bridgehead atoms. The summed E-state index contributed by atoms with van der Waals surface area (Å²) >= 11 is 0. The third-order valence-electron chi connectivity index (χ3n) is 5.52. The van der Waals surface area contributed by atoms with Crippen LogP contribution in [0.3, 0.4) is 0 Å². The number of benzene rings is 4. The van der Waals surface area contributed by atoms with Crippen molar-refractivity contribution in [3.8, 4) is 16.9 Å². The van der Waals surface area contributed by atoms with Gasteiger partial charge in [0.15, 0.2) is 7.14 Å². The predicted octanol–water partition coefficient (Wildman–Crippen LogP) is 6.13. The van der Waals surface area contributed by atoms with Crippen molar-refractivity contribution in [2.24, 2.45) is 0 Å². The van der Waals surface area contributed by atoms with E-state index in [1.807, 2.05) is 110 Å². The van der Waals surface area contributed by atoms with E-state index in [0.717, 1.165) is 33.2 Å². The van der Waals surface area contributed by atoms with Crippen LogP contribution in [0.4, 0.5) is 5.69 Å². The van der Waals surface area contributed by atoms with Gasteiger partial charge >= 0.3 is 0 Å². The maximum Gasteiger partial charge on any atom is 0.163 e. The van der Waals surface area contributed by atoms with Crippen molar-refractivity contribution in [3.05, 3.63) is 109 Å². The van der Waals surface area contributed by atoms with Crippen molar-refractivity contribution in [2.75, 3.05) is 12.4 Å². The third-order valence-corrected chi connectivity index (χ3v) is 8.87. The van der Waals surface area contributed by atoms with Crippen molar-refractivity contribution in [3.63, 3.8) is 0 Å². The number of ether oxygens (including phenoxy) is 1. The van der Waals surface area contributed by atoms with E-state index in [-0.39, 0.29) is 5.78 Å². The number of anilines is 1. The average Bonchev–Trinajstić information content (AvgIpc) is 2.85. The lowest BCUT2D eigenvalue weighted by Gasteiger charge is -2.28. The monoisotopic (exact) mass is 427 g/mol. The lowest BCUT2D eigenvalue weighted by molar-refractivity contribution is 0.415. The molecule has 0 heterocycles. The number of hydrogen-bond donors (Lipinski definition) is 1. The van der Waals surface area contributed by atoms with Gasteiger partial charge in [0.05, 0.1) is 12.9 Å². The fourth-order valence-corrected chi connectivity index (χ4v) is 6.59. The molecule has 4 aromatic carbocycles. The van der Waals surface area contributed by atoms with Gasteiger partial charge in [-0.15, -0.1) is 0 Å². The van der Waals surface area contributed by atoms with Crippen LogP contribution in [-0.4, -0.2) is 12.9 Å². The van der Waals surface area contributed by atoms with Gasteiger partial charge in [-0.25, -0.2) is 0 Å². The first-order valence-electron chi connectivity index (χ1n) is 10.3. The summed E-state index contributed by atoms with van der Waals surface area (Å²) < 4.78 is 19.9. The first-order valence-corrected chi connectivity index (χ1v) is 12.1. The fraction of sp³-hybridized carbons (Fsp3) is 0.111. The largest absolute Gasteiger partial charge is 0.497 e. The van der Waals surface area contributed by atoms with Crippen molar-refractivity contribution in [2.45, 2.75) is 12.7 Å². The molecule has 31 heavy (non-hydrogen) atoms. The molecule has 1 atom stereocenters. The fourth-order valence-electron chi connectivity index (χ4n) is 3.84. The van der Waals surface area contributed by atoms with E-state index in [2.05, 4.69) is 11.4 Å². The highest BCUT2D eigenvalue weighted by molar-refractivity contribution is 7.79. The molecule has 0 aromatic heterocycles. The molecule has 0 saturated carbocycles. The molecule has 0 spiro atoms. The molecule has 4 aromatic rings. The van der Waals surface area contributed by atoms with Gasteiger partial charge in [-0.3, -0.25) is 0 Å². The van der Waals surface area contributed by atoms with Crippen LogP contribution in [0.5, 0.6) is 5.75 Å². The van der Waals surface area contributed by atoms with Gasteiger partial charge in [0.2, 0.25) is 0 Å². The summed E-state index contributed by atoms with van der Waals surface area (Å²) in [5, 5.41) is 5.28. The van der Waals surface area contributed by atoms with Crippen LogP contribution in [0.1, 0.15) is 6.92 Å². The van der Waals surface area contributed by atoms with E-state index in [0.29, 0.717) is 0 Å². The Hall–Kier alpha value is -3.29. The Morgan fingerprint density at radius 2 is 1.23 bits per heavy atom. The van der Waals surface area contributed by atoms with E-state index in [1.165, 1.54) is 0 Å². The number of para-hydroxylation sites is 1. The zero-order valence-electron chi connectivity index (χ0n) is 17.7. The molecule has 3 nitrogen and oxygen atoms in total. The van der Waals surface area contributed by atoms with Gasteiger partial charge in [0.25, 0.3) is 0 Å². The molecule has 1 unspecified atom stereocenters. The quantitative estimate of drug-likeness (QED) is 0.360. The first kappa shape index (κ1) is 21.0. The molecule has 0 saturated heterocycles. The minimum absolute atomic E-state index is 0.295. The van der Waals surface area contributed by atoms with Crippen molar-refractivity contribution in [1.82, 2.24) is 0 Å². The third kappa shape index (κ3) is 4.28. The molecule has 0 radical (unpaired) electrons. The molecule has 4 rings (SSSR count). The van der Waals surface area contributed by atoms with Crippen LogP contribution < -0.4 is 20.7 Å². The van der Waals surface area contributed by atoms with Crippen LogP contribution >= 0.6 is 7.14 Å². The van der Waals surface area contributed by atoms with Gasteiger partial charge in [0, 0.05) is 21.9 Å². The van der Waals surface area contributed by atoms with Crippen LogP contribution in [0.25, 0.3) is 11.1 Å². The lowest BCUT2D eigenvalue weighted by atomic mass is 10.0. The van der Waals surface area contributed by atoms with Gasteiger partial charge in [0.1, 0.15) is 5.75 Å². The summed E-state index contributed by atoms with van der Waals surface area (Å²) in [5.74, 6) is 0.525. The number of nitrogens with one attached hydrogen (secondary N) is 1. The smallest absolute Gasteiger partial charge is 0.163 e. The van der Waals surface area contributed by atoms with Crippen LogP contribution in [0, 0.1) is 0 Å². The van der Waals surface area contributed by atoms with Gasteiger partial charge < -0.3 is 14.6 Å². The molecule has 0 amide bonds. The van der Waals surface area contributed by atoms with E-state index in [9.17, 15) is 4.57 Å². The number of hydrogen-bond acceptors (Lipinski definition) is 3. The molecular weight excluding hydrogens is 401 g/mol. The van der Waals surface area contributed by atoms with E-state index < -0.39 is 7.14 Å². The molecular formula is C27H26NO2P. The second-order valence-corrected chi connectivity index (χ2v) is 10.5. The summed E-state index contributed by atoms with van der Waals surface area (Å²) in [5.41, 5.74) is 3.09. The summed E-state index contributed by atoms with van der Waals surface area (Å²) in [6, 6.07) is 35.7.